The molecule has 94 valence electrons. The molecule has 0 atom stereocenters. The maximum Gasteiger partial charge on any atom is 0.261 e. The molecule has 0 radical (unpaired) electrons. The van der Waals surface area contributed by atoms with Gasteiger partial charge in [0, 0.05) is 18.4 Å². The number of carbonyl (C=O) groups excluding carboxylic acids is 1. The summed E-state index contributed by atoms with van der Waals surface area (Å²) in [4.78, 5) is 14.0. The zero-order valence-electron chi connectivity index (χ0n) is 11.1. The lowest BCUT2D eigenvalue weighted by atomic mass is 10.1. The van der Waals surface area contributed by atoms with Crippen molar-refractivity contribution in [2.24, 2.45) is 0 Å². The van der Waals surface area contributed by atoms with Crippen molar-refractivity contribution in [3.63, 3.8) is 0 Å². The largest absolute Gasteiger partial charge is 0.311 e. The van der Waals surface area contributed by atoms with Gasteiger partial charge in [0.05, 0.1) is 11.3 Å². The number of anilines is 1. The quantitative estimate of drug-likeness (QED) is 0.881. The molecule has 1 N–H and O–H groups in total. The summed E-state index contributed by atoms with van der Waals surface area (Å²) in [6.45, 7) is 5.71. The van der Waals surface area contributed by atoms with E-state index in [-0.39, 0.29) is 5.91 Å². The van der Waals surface area contributed by atoms with Gasteiger partial charge in [-0.3, -0.25) is 9.89 Å². The molecule has 2 aromatic rings. The number of hydrogen-bond donors (Lipinski definition) is 1. The highest BCUT2D eigenvalue weighted by Gasteiger charge is 2.19. The number of benzene rings is 1. The molecule has 1 aromatic heterocycles. The fourth-order valence-corrected chi connectivity index (χ4v) is 1.92. The third-order valence-corrected chi connectivity index (χ3v) is 3.07. The van der Waals surface area contributed by atoms with Gasteiger partial charge in [-0.15, -0.1) is 0 Å². The van der Waals surface area contributed by atoms with Crippen molar-refractivity contribution in [2.75, 3.05) is 11.9 Å². The molecule has 1 aromatic carbocycles. The van der Waals surface area contributed by atoms with Crippen molar-refractivity contribution in [3.8, 4) is 0 Å². The molecule has 0 saturated heterocycles. The number of rotatable bonds is 2. The first-order valence-electron chi connectivity index (χ1n) is 5.87. The lowest BCUT2D eigenvalue weighted by molar-refractivity contribution is 0.0992. The van der Waals surface area contributed by atoms with E-state index in [1.807, 2.05) is 45.0 Å². The van der Waals surface area contributed by atoms with Crippen molar-refractivity contribution in [2.45, 2.75) is 20.8 Å². The zero-order chi connectivity index (χ0) is 13.3. The highest BCUT2D eigenvalue weighted by Crippen LogP contribution is 2.18. The highest BCUT2D eigenvalue weighted by atomic mass is 16.2. The van der Waals surface area contributed by atoms with Gasteiger partial charge < -0.3 is 4.90 Å². The Morgan fingerprint density at radius 2 is 1.78 bits per heavy atom. The first-order valence-corrected chi connectivity index (χ1v) is 5.87. The van der Waals surface area contributed by atoms with Crippen LogP contribution in [0, 0.1) is 20.8 Å². The summed E-state index contributed by atoms with van der Waals surface area (Å²) in [5, 5.41) is 6.89. The van der Waals surface area contributed by atoms with Crippen LogP contribution < -0.4 is 4.90 Å². The van der Waals surface area contributed by atoms with Crippen molar-refractivity contribution in [1.29, 1.82) is 0 Å². The Bertz CT molecular complexity index is 550. The number of amides is 1. The molecule has 0 saturated carbocycles. The molecule has 4 heteroatoms. The van der Waals surface area contributed by atoms with E-state index in [1.165, 1.54) is 5.56 Å². The van der Waals surface area contributed by atoms with Crippen LogP contribution in [0.2, 0.25) is 0 Å². The fourth-order valence-electron chi connectivity index (χ4n) is 1.92. The molecule has 0 spiro atoms. The number of carbonyl (C=O) groups is 1. The maximum atomic E-state index is 12.4. The summed E-state index contributed by atoms with van der Waals surface area (Å²) in [7, 11) is 1.78. The Balaban J connectivity index is 2.32. The monoisotopic (exact) mass is 243 g/mol. The first-order chi connectivity index (χ1) is 8.50. The Labute approximate surface area is 107 Å². The summed E-state index contributed by atoms with van der Waals surface area (Å²) in [5.74, 6) is -0.0393. The third-order valence-electron chi connectivity index (χ3n) is 3.07. The van der Waals surface area contributed by atoms with E-state index in [0.717, 1.165) is 17.1 Å². The molecule has 2 rings (SSSR count). The zero-order valence-corrected chi connectivity index (χ0v) is 11.1. The van der Waals surface area contributed by atoms with Crippen LogP contribution in [-0.2, 0) is 0 Å². The van der Waals surface area contributed by atoms with Crippen molar-refractivity contribution < 1.29 is 4.79 Å². The lowest BCUT2D eigenvalue weighted by Gasteiger charge is -2.17. The van der Waals surface area contributed by atoms with E-state index in [9.17, 15) is 4.79 Å². The minimum absolute atomic E-state index is 0.0393. The van der Waals surface area contributed by atoms with E-state index in [2.05, 4.69) is 10.2 Å². The van der Waals surface area contributed by atoms with E-state index in [0.29, 0.717) is 5.56 Å². The average molecular weight is 243 g/mol. The van der Waals surface area contributed by atoms with E-state index in [1.54, 1.807) is 11.9 Å². The number of aromatic nitrogens is 2. The molecule has 4 nitrogen and oxygen atoms in total. The summed E-state index contributed by atoms with van der Waals surface area (Å²) in [6.07, 6.45) is 0. The van der Waals surface area contributed by atoms with Crippen LogP contribution >= 0.6 is 0 Å². The topological polar surface area (TPSA) is 49.0 Å². The summed E-state index contributed by atoms with van der Waals surface area (Å²) in [6, 6.07) is 7.87. The lowest BCUT2D eigenvalue weighted by Crippen LogP contribution is -2.27. The molecule has 1 amide bonds. The Kier molecular flexibility index (Phi) is 3.19. The number of H-pyrrole nitrogens is 1. The van der Waals surface area contributed by atoms with Gasteiger partial charge in [-0.1, -0.05) is 17.7 Å². The summed E-state index contributed by atoms with van der Waals surface area (Å²) < 4.78 is 0. The van der Waals surface area contributed by atoms with Crippen LogP contribution in [0.25, 0.3) is 0 Å². The minimum atomic E-state index is -0.0393. The number of nitrogens with zero attached hydrogens (tertiary/aromatic N) is 2. The van der Waals surface area contributed by atoms with Crippen molar-refractivity contribution in [1.82, 2.24) is 10.2 Å². The SMILES string of the molecule is Cc1ccc(N(C)C(=O)c2c(C)n[nH]c2C)cc1. The van der Waals surface area contributed by atoms with Crippen LogP contribution in [0.4, 0.5) is 5.69 Å². The molecule has 0 aliphatic heterocycles. The number of aryl methyl sites for hydroxylation is 3. The summed E-state index contributed by atoms with van der Waals surface area (Å²) >= 11 is 0. The standard InChI is InChI=1S/C14H17N3O/c1-9-5-7-12(8-6-9)17(4)14(18)13-10(2)15-16-11(13)3/h5-8H,1-4H3,(H,15,16). The van der Waals surface area contributed by atoms with Gasteiger partial charge in [0.15, 0.2) is 0 Å². The predicted octanol–water partition coefficient (Wildman–Crippen LogP) is 2.61. The van der Waals surface area contributed by atoms with Crippen LogP contribution in [0.1, 0.15) is 27.3 Å². The van der Waals surface area contributed by atoms with Gasteiger partial charge in [0.1, 0.15) is 0 Å². The van der Waals surface area contributed by atoms with Crippen LogP contribution in [0.5, 0.6) is 0 Å². The molecule has 18 heavy (non-hydrogen) atoms. The van der Waals surface area contributed by atoms with Gasteiger partial charge >= 0.3 is 0 Å². The number of aromatic amines is 1. The second kappa shape index (κ2) is 4.64. The third kappa shape index (κ3) is 2.14. The minimum Gasteiger partial charge on any atom is -0.311 e. The highest BCUT2D eigenvalue weighted by molar-refractivity contribution is 6.07. The van der Waals surface area contributed by atoms with E-state index >= 15 is 0 Å². The van der Waals surface area contributed by atoms with Gasteiger partial charge in [0.2, 0.25) is 0 Å². The van der Waals surface area contributed by atoms with Crippen molar-refractivity contribution >= 4 is 11.6 Å². The molecule has 0 fully saturated rings. The predicted molar refractivity (Wildman–Crippen MR) is 72.0 cm³/mol. The molecule has 0 aliphatic rings. The molecule has 0 bridgehead atoms. The van der Waals surface area contributed by atoms with E-state index < -0.39 is 0 Å². The van der Waals surface area contributed by atoms with Crippen LogP contribution in [0.3, 0.4) is 0 Å². The Morgan fingerprint density at radius 3 is 2.28 bits per heavy atom. The molecular weight excluding hydrogens is 226 g/mol. The van der Waals surface area contributed by atoms with Crippen molar-refractivity contribution in [3.05, 3.63) is 46.8 Å². The van der Waals surface area contributed by atoms with Crippen LogP contribution in [-0.4, -0.2) is 23.2 Å². The fraction of sp³-hybridized carbons (Fsp3) is 0.286. The molecule has 1 heterocycles. The smallest absolute Gasteiger partial charge is 0.261 e. The second-order valence-corrected chi connectivity index (χ2v) is 4.51. The second-order valence-electron chi connectivity index (χ2n) is 4.51. The van der Waals surface area contributed by atoms with E-state index in [4.69, 9.17) is 0 Å². The average Bonchev–Trinajstić information content (AvgIpc) is 2.68. The Morgan fingerprint density at radius 1 is 1.17 bits per heavy atom. The Hall–Kier alpha value is -2.10. The maximum absolute atomic E-state index is 12.4. The number of nitrogens with one attached hydrogen (secondary N) is 1. The van der Waals surface area contributed by atoms with Gasteiger partial charge in [-0.05, 0) is 32.9 Å². The number of hydrogen-bond acceptors (Lipinski definition) is 2. The normalized spacial score (nSPS) is 10.4. The molecular formula is C14H17N3O. The first kappa shape index (κ1) is 12.4. The van der Waals surface area contributed by atoms with Crippen LogP contribution in [0.15, 0.2) is 24.3 Å². The summed E-state index contributed by atoms with van der Waals surface area (Å²) in [5.41, 5.74) is 4.24. The molecule has 0 unspecified atom stereocenters. The molecule has 0 aliphatic carbocycles. The van der Waals surface area contributed by atoms with Gasteiger partial charge in [-0.2, -0.15) is 5.10 Å². The van der Waals surface area contributed by atoms with Gasteiger partial charge in [0.25, 0.3) is 5.91 Å². The van der Waals surface area contributed by atoms with Gasteiger partial charge in [-0.25, -0.2) is 0 Å².